The van der Waals surface area contributed by atoms with E-state index in [0.29, 0.717) is 25.8 Å². The van der Waals surface area contributed by atoms with Gasteiger partial charge in [0.2, 0.25) is 5.91 Å². The molecule has 0 aromatic heterocycles. The minimum atomic E-state index is -1.23. The monoisotopic (exact) mass is 478 g/mol. The lowest BCUT2D eigenvalue weighted by Gasteiger charge is -2.42. The molecule has 186 valence electrons. The summed E-state index contributed by atoms with van der Waals surface area (Å²) in [6.45, 7) is 6.01. The van der Waals surface area contributed by atoms with E-state index in [-0.39, 0.29) is 25.0 Å². The number of carbonyl (C=O) groups excluding carboxylic acids is 2. The topological polar surface area (TPSA) is 95.9 Å². The van der Waals surface area contributed by atoms with Crippen LogP contribution in [0.25, 0.3) is 11.1 Å². The molecular weight excluding hydrogens is 444 g/mol. The number of alkyl carbamates (subject to hydrolysis) is 1. The normalized spacial score (nSPS) is 19.6. The Kier molecular flexibility index (Phi) is 6.88. The lowest BCUT2D eigenvalue weighted by molar-refractivity contribution is -0.157. The third kappa shape index (κ3) is 4.77. The second kappa shape index (κ2) is 9.72. The number of rotatable bonds is 7. The zero-order valence-electron chi connectivity index (χ0n) is 20.7. The molecule has 2 N–H and O–H groups in total. The lowest BCUT2D eigenvalue weighted by atomic mass is 9.76. The summed E-state index contributed by atoms with van der Waals surface area (Å²) in [5, 5.41) is 12.6. The standard InChI is InChI=1S/C28H34N2O5/c1-4-14-28(25(32)33)15-9-16-30(18-28)24(31)27(2,3)29-26(34)35-17-23-21-12-7-5-10-19(21)20-11-6-8-13-22(20)23/h5-8,10-13,23H,4,9,14-18H2,1-3H3,(H,29,34)(H,32,33). The fourth-order valence-electron chi connectivity index (χ4n) is 5.61. The Morgan fingerprint density at radius 3 is 2.26 bits per heavy atom. The average molecular weight is 479 g/mol. The molecule has 2 aromatic rings. The second-order valence-electron chi connectivity index (χ2n) is 10.2. The van der Waals surface area contributed by atoms with Gasteiger partial charge in [-0.05, 0) is 55.4 Å². The summed E-state index contributed by atoms with van der Waals surface area (Å²) in [5.41, 5.74) is 2.37. The van der Waals surface area contributed by atoms with Crippen molar-refractivity contribution in [3.8, 4) is 11.1 Å². The fraction of sp³-hybridized carbons (Fsp3) is 0.464. The Morgan fingerprint density at radius 2 is 1.69 bits per heavy atom. The first-order chi connectivity index (χ1) is 16.7. The van der Waals surface area contributed by atoms with E-state index in [1.807, 2.05) is 31.2 Å². The first-order valence-corrected chi connectivity index (χ1v) is 12.3. The summed E-state index contributed by atoms with van der Waals surface area (Å²) in [4.78, 5) is 39.7. The lowest BCUT2D eigenvalue weighted by Crippen LogP contribution is -2.60. The van der Waals surface area contributed by atoms with E-state index in [2.05, 4.69) is 29.6 Å². The molecular formula is C28H34N2O5. The van der Waals surface area contributed by atoms with Crippen LogP contribution in [0.2, 0.25) is 0 Å². The largest absolute Gasteiger partial charge is 0.481 e. The number of benzene rings is 2. The van der Waals surface area contributed by atoms with Crippen LogP contribution in [0.1, 0.15) is 63.5 Å². The van der Waals surface area contributed by atoms with Crippen LogP contribution in [0.4, 0.5) is 4.79 Å². The Labute approximate surface area is 206 Å². The van der Waals surface area contributed by atoms with Gasteiger partial charge in [-0.3, -0.25) is 9.59 Å². The van der Waals surface area contributed by atoms with Crippen LogP contribution >= 0.6 is 0 Å². The van der Waals surface area contributed by atoms with Crippen molar-refractivity contribution >= 4 is 18.0 Å². The summed E-state index contributed by atoms with van der Waals surface area (Å²) in [6, 6.07) is 16.2. The van der Waals surface area contributed by atoms with Gasteiger partial charge < -0.3 is 20.1 Å². The van der Waals surface area contributed by atoms with E-state index in [4.69, 9.17) is 4.74 Å². The first-order valence-electron chi connectivity index (χ1n) is 12.3. The van der Waals surface area contributed by atoms with Crippen LogP contribution < -0.4 is 5.32 Å². The molecule has 1 aliphatic carbocycles. The number of ether oxygens (including phenoxy) is 1. The highest BCUT2D eigenvalue weighted by atomic mass is 16.5. The second-order valence-corrected chi connectivity index (χ2v) is 10.2. The zero-order valence-corrected chi connectivity index (χ0v) is 20.7. The van der Waals surface area contributed by atoms with Gasteiger partial charge in [-0.15, -0.1) is 0 Å². The molecule has 7 heteroatoms. The molecule has 1 fully saturated rings. The maximum atomic E-state index is 13.3. The number of carboxylic acids is 1. The summed E-state index contributed by atoms with van der Waals surface area (Å²) in [7, 11) is 0. The molecule has 0 radical (unpaired) electrons. The molecule has 1 saturated heterocycles. The predicted octanol–water partition coefficient (Wildman–Crippen LogP) is 4.80. The Balaban J connectivity index is 1.41. The summed E-state index contributed by atoms with van der Waals surface area (Å²) in [6.07, 6.45) is 1.77. The van der Waals surface area contributed by atoms with Gasteiger partial charge in [-0.25, -0.2) is 4.79 Å². The molecule has 0 spiro atoms. The smallest absolute Gasteiger partial charge is 0.408 e. The minimum Gasteiger partial charge on any atom is -0.481 e. The third-order valence-electron chi connectivity index (χ3n) is 7.34. The molecule has 1 atom stereocenters. The van der Waals surface area contributed by atoms with E-state index in [9.17, 15) is 19.5 Å². The fourth-order valence-corrected chi connectivity index (χ4v) is 5.61. The number of fused-ring (bicyclic) bond motifs is 3. The van der Waals surface area contributed by atoms with Crippen molar-refractivity contribution in [1.29, 1.82) is 0 Å². The molecule has 2 aliphatic rings. The van der Waals surface area contributed by atoms with E-state index in [1.165, 1.54) is 0 Å². The molecule has 2 aromatic carbocycles. The molecule has 0 saturated carbocycles. The number of carbonyl (C=O) groups is 3. The highest BCUT2D eigenvalue weighted by molar-refractivity contribution is 5.90. The van der Waals surface area contributed by atoms with Crippen LogP contribution in [0.5, 0.6) is 0 Å². The van der Waals surface area contributed by atoms with Crippen LogP contribution in [-0.2, 0) is 14.3 Å². The molecule has 7 nitrogen and oxygen atoms in total. The van der Waals surface area contributed by atoms with Gasteiger partial charge in [0.25, 0.3) is 0 Å². The van der Waals surface area contributed by atoms with Gasteiger partial charge in [0.05, 0.1) is 5.41 Å². The Morgan fingerprint density at radius 1 is 1.09 bits per heavy atom. The van der Waals surface area contributed by atoms with E-state index >= 15 is 0 Å². The Bertz CT molecular complexity index is 1080. The summed E-state index contributed by atoms with van der Waals surface area (Å²) < 4.78 is 5.62. The van der Waals surface area contributed by atoms with Crippen LogP contribution in [-0.4, -0.2) is 53.2 Å². The van der Waals surface area contributed by atoms with Crippen molar-refractivity contribution in [1.82, 2.24) is 10.2 Å². The zero-order chi connectivity index (χ0) is 25.2. The van der Waals surface area contributed by atoms with Gasteiger partial charge in [0.15, 0.2) is 0 Å². The SMILES string of the molecule is CCCC1(C(=O)O)CCCN(C(=O)C(C)(C)NC(=O)OCC2c3ccccc3-c3ccccc32)C1. The quantitative estimate of drug-likeness (QED) is 0.596. The number of aliphatic carboxylic acids is 1. The molecule has 0 bridgehead atoms. The molecule has 1 heterocycles. The summed E-state index contributed by atoms with van der Waals surface area (Å²) >= 11 is 0. The van der Waals surface area contributed by atoms with Crippen LogP contribution in [0.15, 0.2) is 48.5 Å². The number of piperidine rings is 1. The average Bonchev–Trinajstić information content (AvgIpc) is 3.16. The van der Waals surface area contributed by atoms with Crippen molar-refractivity contribution in [3.63, 3.8) is 0 Å². The van der Waals surface area contributed by atoms with Crippen molar-refractivity contribution in [2.24, 2.45) is 5.41 Å². The van der Waals surface area contributed by atoms with Gasteiger partial charge >= 0.3 is 12.1 Å². The van der Waals surface area contributed by atoms with Crippen molar-refractivity contribution < 1.29 is 24.2 Å². The molecule has 2 amide bonds. The molecule has 1 unspecified atom stereocenters. The highest BCUT2D eigenvalue weighted by Crippen LogP contribution is 2.44. The number of nitrogens with one attached hydrogen (secondary N) is 1. The van der Waals surface area contributed by atoms with E-state index in [1.54, 1.807) is 18.7 Å². The van der Waals surface area contributed by atoms with E-state index < -0.39 is 23.0 Å². The highest BCUT2D eigenvalue weighted by Gasteiger charge is 2.45. The van der Waals surface area contributed by atoms with Gasteiger partial charge in [-0.1, -0.05) is 61.9 Å². The Hall–Kier alpha value is -3.35. The minimum absolute atomic E-state index is 0.0701. The van der Waals surface area contributed by atoms with Gasteiger partial charge in [0, 0.05) is 19.0 Å². The maximum Gasteiger partial charge on any atom is 0.408 e. The number of hydrogen-bond donors (Lipinski definition) is 2. The van der Waals surface area contributed by atoms with Crippen LogP contribution in [0.3, 0.4) is 0 Å². The van der Waals surface area contributed by atoms with Gasteiger partial charge in [0.1, 0.15) is 12.1 Å². The number of carboxylic acid groups (broad SMARTS) is 1. The van der Waals surface area contributed by atoms with Crippen molar-refractivity contribution in [2.75, 3.05) is 19.7 Å². The van der Waals surface area contributed by atoms with E-state index in [0.717, 1.165) is 28.7 Å². The molecule has 35 heavy (non-hydrogen) atoms. The maximum absolute atomic E-state index is 13.3. The first kappa shape index (κ1) is 24.8. The number of likely N-dealkylation sites (tertiary alicyclic amines) is 1. The van der Waals surface area contributed by atoms with Gasteiger partial charge in [-0.2, -0.15) is 0 Å². The van der Waals surface area contributed by atoms with Crippen LogP contribution in [0, 0.1) is 5.41 Å². The third-order valence-corrected chi connectivity index (χ3v) is 7.34. The van der Waals surface area contributed by atoms with Crippen molar-refractivity contribution in [2.45, 2.75) is 57.9 Å². The number of hydrogen-bond acceptors (Lipinski definition) is 4. The number of nitrogens with zero attached hydrogens (tertiary/aromatic N) is 1. The summed E-state index contributed by atoms with van der Waals surface area (Å²) in [5.74, 6) is -1.23. The molecule has 1 aliphatic heterocycles. The predicted molar refractivity (Wildman–Crippen MR) is 133 cm³/mol. The number of amides is 2. The molecule has 4 rings (SSSR count). The van der Waals surface area contributed by atoms with Crippen molar-refractivity contribution in [3.05, 3.63) is 59.7 Å².